The number of amides is 2. The van der Waals surface area contributed by atoms with Crippen LogP contribution in [0.2, 0.25) is 0 Å². The second kappa shape index (κ2) is 8.75. The monoisotopic (exact) mass is 383 g/mol. The normalized spacial score (nSPS) is 10.7. The third-order valence-electron chi connectivity index (χ3n) is 4.07. The van der Waals surface area contributed by atoms with Crippen LogP contribution in [0.5, 0.6) is 0 Å². The molecule has 140 valence electrons. The van der Waals surface area contributed by atoms with Crippen LogP contribution in [0, 0.1) is 6.92 Å². The summed E-state index contributed by atoms with van der Waals surface area (Å²) < 4.78 is 5.11. The summed E-state index contributed by atoms with van der Waals surface area (Å²) in [6.45, 7) is 2.47. The Hall–Kier alpha value is -2.77. The number of thiazole rings is 1. The number of aromatic nitrogens is 1. The van der Waals surface area contributed by atoms with Crippen molar-refractivity contribution in [2.75, 3.05) is 32.1 Å². The van der Waals surface area contributed by atoms with Crippen molar-refractivity contribution >= 4 is 39.1 Å². The highest BCUT2D eigenvalue weighted by Gasteiger charge is 2.21. The lowest BCUT2D eigenvalue weighted by atomic mass is 10.0. The van der Waals surface area contributed by atoms with Gasteiger partial charge in [0.1, 0.15) is 6.54 Å². The number of carbonyl (C=O) groups is 2. The van der Waals surface area contributed by atoms with Crippen molar-refractivity contribution in [2.24, 2.45) is 0 Å². The SMILES string of the molecule is COCCN(CC(=O)Nc1nc(C)cs1)C(=O)c1cccc2ccccc12. The number of nitrogens with one attached hydrogen (secondary N) is 1. The van der Waals surface area contributed by atoms with Crippen LogP contribution in [0.15, 0.2) is 47.8 Å². The zero-order valence-electron chi connectivity index (χ0n) is 15.3. The number of hydrogen-bond donors (Lipinski definition) is 1. The maximum atomic E-state index is 13.1. The number of carbonyl (C=O) groups excluding carboxylic acids is 2. The lowest BCUT2D eigenvalue weighted by Crippen LogP contribution is -2.40. The summed E-state index contributed by atoms with van der Waals surface area (Å²) in [7, 11) is 1.57. The molecule has 0 aliphatic heterocycles. The van der Waals surface area contributed by atoms with Crippen molar-refractivity contribution in [3.63, 3.8) is 0 Å². The number of hydrogen-bond acceptors (Lipinski definition) is 5. The predicted molar refractivity (Wildman–Crippen MR) is 107 cm³/mol. The molecule has 2 aromatic carbocycles. The molecular formula is C20H21N3O3S. The van der Waals surface area contributed by atoms with Crippen molar-refractivity contribution in [1.82, 2.24) is 9.88 Å². The lowest BCUT2D eigenvalue weighted by molar-refractivity contribution is -0.117. The molecule has 0 aliphatic rings. The summed E-state index contributed by atoms with van der Waals surface area (Å²) in [6.07, 6.45) is 0. The van der Waals surface area contributed by atoms with Gasteiger partial charge in [0.2, 0.25) is 5.91 Å². The van der Waals surface area contributed by atoms with Crippen LogP contribution in [0.25, 0.3) is 10.8 Å². The molecule has 0 atom stereocenters. The van der Waals surface area contributed by atoms with Gasteiger partial charge in [-0.2, -0.15) is 0 Å². The van der Waals surface area contributed by atoms with Crippen LogP contribution in [0.1, 0.15) is 16.1 Å². The van der Waals surface area contributed by atoms with Gasteiger partial charge in [0, 0.05) is 24.6 Å². The number of methoxy groups -OCH3 is 1. The van der Waals surface area contributed by atoms with Gasteiger partial charge in [-0.25, -0.2) is 4.98 Å². The summed E-state index contributed by atoms with van der Waals surface area (Å²) in [4.78, 5) is 31.3. The van der Waals surface area contributed by atoms with Crippen molar-refractivity contribution in [3.05, 3.63) is 59.1 Å². The molecule has 7 heteroatoms. The molecule has 0 spiro atoms. The molecule has 0 saturated heterocycles. The Balaban J connectivity index is 1.80. The Morgan fingerprint density at radius 2 is 1.96 bits per heavy atom. The number of fused-ring (bicyclic) bond motifs is 1. The molecule has 6 nitrogen and oxygen atoms in total. The number of rotatable bonds is 7. The number of benzene rings is 2. The van der Waals surface area contributed by atoms with Crippen molar-refractivity contribution < 1.29 is 14.3 Å². The van der Waals surface area contributed by atoms with Crippen LogP contribution in [0.4, 0.5) is 5.13 Å². The maximum absolute atomic E-state index is 13.1. The van der Waals surface area contributed by atoms with E-state index in [0.717, 1.165) is 16.5 Å². The molecule has 1 N–H and O–H groups in total. The van der Waals surface area contributed by atoms with E-state index in [4.69, 9.17) is 4.74 Å². The average Bonchev–Trinajstić information content (AvgIpc) is 3.08. The Labute approximate surface area is 161 Å². The first-order valence-electron chi connectivity index (χ1n) is 8.56. The van der Waals surface area contributed by atoms with Gasteiger partial charge >= 0.3 is 0 Å². The van der Waals surface area contributed by atoms with Crippen LogP contribution in [0.3, 0.4) is 0 Å². The van der Waals surface area contributed by atoms with Gasteiger partial charge in [0.15, 0.2) is 5.13 Å². The standard InChI is InChI=1S/C20H21N3O3S/c1-14-13-27-20(21-14)22-18(24)12-23(10-11-26-2)19(25)17-9-5-7-15-6-3-4-8-16(15)17/h3-9,13H,10-12H2,1-2H3,(H,21,22,24). The van der Waals surface area contributed by atoms with E-state index in [0.29, 0.717) is 23.8 Å². The lowest BCUT2D eigenvalue weighted by Gasteiger charge is -2.22. The van der Waals surface area contributed by atoms with E-state index >= 15 is 0 Å². The van der Waals surface area contributed by atoms with Gasteiger partial charge in [-0.3, -0.25) is 9.59 Å². The molecule has 1 heterocycles. The maximum Gasteiger partial charge on any atom is 0.255 e. The molecule has 27 heavy (non-hydrogen) atoms. The minimum atomic E-state index is -0.283. The fourth-order valence-electron chi connectivity index (χ4n) is 2.78. The highest BCUT2D eigenvalue weighted by atomic mass is 32.1. The molecule has 1 aromatic heterocycles. The first-order valence-corrected chi connectivity index (χ1v) is 9.44. The summed E-state index contributed by atoms with van der Waals surface area (Å²) in [6, 6.07) is 13.3. The minimum Gasteiger partial charge on any atom is -0.383 e. The highest BCUT2D eigenvalue weighted by molar-refractivity contribution is 7.13. The zero-order chi connectivity index (χ0) is 19.2. The second-order valence-electron chi connectivity index (χ2n) is 6.09. The van der Waals surface area contributed by atoms with Crippen molar-refractivity contribution in [3.8, 4) is 0 Å². The number of ether oxygens (including phenoxy) is 1. The van der Waals surface area contributed by atoms with Gasteiger partial charge in [-0.1, -0.05) is 36.4 Å². The van der Waals surface area contributed by atoms with Gasteiger partial charge in [0.25, 0.3) is 5.91 Å². The molecular weight excluding hydrogens is 362 g/mol. The van der Waals surface area contributed by atoms with Crippen LogP contribution >= 0.6 is 11.3 Å². The summed E-state index contributed by atoms with van der Waals surface area (Å²) in [5.41, 5.74) is 1.42. The Morgan fingerprint density at radius 1 is 1.19 bits per heavy atom. The van der Waals surface area contributed by atoms with E-state index in [-0.39, 0.29) is 18.4 Å². The van der Waals surface area contributed by atoms with Crippen LogP contribution in [-0.2, 0) is 9.53 Å². The van der Waals surface area contributed by atoms with Crippen molar-refractivity contribution in [1.29, 1.82) is 0 Å². The van der Waals surface area contributed by atoms with Gasteiger partial charge in [0.05, 0.1) is 12.3 Å². The Morgan fingerprint density at radius 3 is 2.70 bits per heavy atom. The van der Waals surface area contributed by atoms with E-state index < -0.39 is 0 Å². The minimum absolute atomic E-state index is 0.0654. The number of anilines is 1. The molecule has 3 rings (SSSR count). The fraction of sp³-hybridized carbons (Fsp3) is 0.250. The average molecular weight is 383 g/mol. The van der Waals surface area contributed by atoms with Crippen LogP contribution in [-0.4, -0.2) is 48.5 Å². The summed E-state index contributed by atoms with van der Waals surface area (Å²) >= 11 is 1.36. The zero-order valence-corrected chi connectivity index (χ0v) is 16.1. The second-order valence-corrected chi connectivity index (χ2v) is 6.95. The molecule has 0 fully saturated rings. The Kier molecular flexibility index (Phi) is 6.16. The van der Waals surface area contributed by atoms with E-state index in [1.54, 1.807) is 13.2 Å². The number of aryl methyl sites for hydroxylation is 1. The van der Waals surface area contributed by atoms with Crippen LogP contribution < -0.4 is 5.32 Å². The first kappa shape index (κ1) is 19.0. The molecule has 3 aromatic rings. The van der Waals surface area contributed by atoms with E-state index in [9.17, 15) is 9.59 Å². The predicted octanol–water partition coefficient (Wildman–Crippen LogP) is 3.33. The summed E-state index contributed by atoms with van der Waals surface area (Å²) in [5.74, 6) is -0.483. The topological polar surface area (TPSA) is 71.5 Å². The molecule has 2 amide bonds. The van der Waals surface area contributed by atoms with E-state index in [1.165, 1.54) is 16.2 Å². The fourth-order valence-corrected chi connectivity index (χ4v) is 3.48. The third kappa shape index (κ3) is 4.69. The molecule has 0 radical (unpaired) electrons. The van der Waals surface area contributed by atoms with E-state index in [2.05, 4.69) is 10.3 Å². The molecule has 0 aliphatic carbocycles. The molecule has 0 bridgehead atoms. The highest BCUT2D eigenvalue weighted by Crippen LogP contribution is 2.20. The van der Waals surface area contributed by atoms with Gasteiger partial charge in [-0.15, -0.1) is 11.3 Å². The Bertz CT molecular complexity index is 949. The number of nitrogens with zero attached hydrogens (tertiary/aromatic N) is 2. The van der Waals surface area contributed by atoms with Crippen molar-refractivity contribution in [2.45, 2.75) is 6.92 Å². The summed E-state index contributed by atoms with van der Waals surface area (Å²) in [5, 5.41) is 6.99. The first-order chi connectivity index (χ1) is 13.1. The van der Waals surface area contributed by atoms with E-state index in [1.807, 2.05) is 48.7 Å². The van der Waals surface area contributed by atoms with Gasteiger partial charge in [-0.05, 0) is 23.8 Å². The third-order valence-corrected chi connectivity index (χ3v) is 4.95. The quantitative estimate of drug-likeness (QED) is 0.679. The van der Waals surface area contributed by atoms with Gasteiger partial charge < -0.3 is 15.0 Å². The molecule has 0 unspecified atom stereocenters. The largest absolute Gasteiger partial charge is 0.383 e. The smallest absolute Gasteiger partial charge is 0.255 e. The molecule has 0 saturated carbocycles.